The Balaban J connectivity index is 1.87. The molecule has 0 unspecified atom stereocenters. The number of nitrogens with one attached hydrogen (secondary N) is 1. The fourth-order valence-corrected chi connectivity index (χ4v) is 3.06. The van der Waals surface area contributed by atoms with Gasteiger partial charge in [-0.2, -0.15) is 0 Å². The lowest BCUT2D eigenvalue weighted by molar-refractivity contribution is -0.385. The Kier molecular flexibility index (Phi) is 4.97. The third-order valence-corrected chi connectivity index (χ3v) is 4.43. The number of hydrogen-bond donors (Lipinski definition) is 1. The minimum absolute atomic E-state index is 0.00586. The summed E-state index contributed by atoms with van der Waals surface area (Å²) < 4.78 is 0. The molecule has 0 bridgehead atoms. The third-order valence-electron chi connectivity index (χ3n) is 4.43. The number of para-hydroxylation sites is 1. The summed E-state index contributed by atoms with van der Waals surface area (Å²) in [5, 5.41) is 13.8. The van der Waals surface area contributed by atoms with Crippen molar-refractivity contribution in [3.8, 4) is 0 Å². The molecule has 1 heterocycles. The first-order chi connectivity index (χ1) is 12.5. The second-order valence-corrected chi connectivity index (χ2v) is 6.23. The van der Waals surface area contributed by atoms with Crippen LogP contribution in [0.1, 0.15) is 35.2 Å². The SMILES string of the molecule is Cc1ccc(NC(=O)c2ccccc2[N+](=O)[O-])cc1N1CCCCC1=O. The second kappa shape index (κ2) is 7.35. The van der Waals surface area contributed by atoms with Crippen LogP contribution < -0.4 is 10.2 Å². The Morgan fingerprint density at radius 2 is 1.96 bits per heavy atom. The molecule has 3 rings (SSSR count). The van der Waals surface area contributed by atoms with Crippen LogP contribution in [0.4, 0.5) is 17.1 Å². The van der Waals surface area contributed by atoms with Crippen molar-refractivity contribution in [1.82, 2.24) is 0 Å². The number of rotatable bonds is 4. The number of nitro groups is 1. The molecule has 1 saturated heterocycles. The van der Waals surface area contributed by atoms with Crippen LogP contribution >= 0.6 is 0 Å². The molecule has 7 nitrogen and oxygen atoms in total. The summed E-state index contributed by atoms with van der Waals surface area (Å²) in [5.41, 5.74) is 1.93. The van der Waals surface area contributed by atoms with Crippen molar-refractivity contribution in [2.45, 2.75) is 26.2 Å². The predicted molar refractivity (Wildman–Crippen MR) is 98.4 cm³/mol. The van der Waals surface area contributed by atoms with E-state index >= 15 is 0 Å². The summed E-state index contributed by atoms with van der Waals surface area (Å²) in [6.07, 6.45) is 2.35. The molecule has 0 aromatic heterocycles. The number of benzene rings is 2. The number of nitrogens with zero attached hydrogens (tertiary/aromatic N) is 2. The molecular weight excluding hydrogens is 334 g/mol. The molecule has 2 aromatic rings. The van der Waals surface area contributed by atoms with Gasteiger partial charge in [-0.1, -0.05) is 18.2 Å². The second-order valence-electron chi connectivity index (χ2n) is 6.23. The maximum absolute atomic E-state index is 12.5. The first-order valence-electron chi connectivity index (χ1n) is 8.43. The Hall–Kier alpha value is -3.22. The molecule has 1 fully saturated rings. The third kappa shape index (κ3) is 3.56. The molecule has 1 aliphatic rings. The smallest absolute Gasteiger partial charge is 0.282 e. The van der Waals surface area contributed by atoms with Gasteiger partial charge in [-0.3, -0.25) is 19.7 Å². The molecule has 2 aromatic carbocycles. The van der Waals surface area contributed by atoms with Crippen LogP contribution in [-0.4, -0.2) is 23.3 Å². The van der Waals surface area contributed by atoms with E-state index in [4.69, 9.17) is 0 Å². The molecule has 1 N–H and O–H groups in total. The van der Waals surface area contributed by atoms with E-state index in [9.17, 15) is 19.7 Å². The van der Waals surface area contributed by atoms with Crippen molar-refractivity contribution < 1.29 is 14.5 Å². The number of hydrogen-bond acceptors (Lipinski definition) is 4. The Morgan fingerprint density at radius 3 is 2.69 bits per heavy atom. The summed E-state index contributed by atoms with van der Waals surface area (Å²) in [6.45, 7) is 2.56. The van der Waals surface area contributed by atoms with E-state index in [1.165, 1.54) is 18.2 Å². The van der Waals surface area contributed by atoms with Crippen molar-refractivity contribution in [2.24, 2.45) is 0 Å². The first-order valence-corrected chi connectivity index (χ1v) is 8.43. The van der Waals surface area contributed by atoms with Gasteiger partial charge in [0, 0.05) is 30.4 Å². The zero-order valence-corrected chi connectivity index (χ0v) is 14.4. The van der Waals surface area contributed by atoms with Gasteiger partial charge in [0.05, 0.1) is 4.92 Å². The zero-order valence-electron chi connectivity index (χ0n) is 14.4. The highest BCUT2D eigenvalue weighted by atomic mass is 16.6. The summed E-state index contributed by atoms with van der Waals surface area (Å²) in [6, 6.07) is 11.1. The van der Waals surface area contributed by atoms with Gasteiger partial charge in [0.25, 0.3) is 11.6 Å². The number of nitro benzene ring substituents is 1. The molecule has 134 valence electrons. The van der Waals surface area contributed by atoms with Gasteiger partial charge in [0.1, 0.15) is 5.56 Å². The zero-order chi connectivity index (χ0) is 18.7. The number of amides is 2. The van der Waals surface area contributed by atoms with E-state index in [0.717, 1.165) is 24.1 Å². The van der Waals surface area contributed by atoms with Crippen LogP contribution in [0.25, 0.3) is 0 Å². The predicted octanol–water partition coefficient (Wildman–Crippen LogP) is 3.67. The molecule has 2 amide bonds. The topological polar surface area (TPSA) is 92.5 Å². The van der Waals surface area contributed by atoms with E-state index in [1.54, 1.807) is 23.1 Å². The summed E-state index contributed by atoms with van der Waals surface area (Å²) in [5.74, 6) is -0.487. The highest BCUT2D eigenvalue weighted by Gasteiger charge is 2.23. The Bertz CT molecular complexity index is 879. The average molecular weight is 353 g/mol. The summed E-state index contributed by atoms with van der Waals surface area (Å²) in [4.78, 5) is 36.9. The van der Waals surface area contributed by atoms with Crippen molar-refractivity contribution in [3.63, 3.8) is 0 Å². The van der Waals surface area contributed by atoms with Gasteiger partial charge in [0.2, 0.25) is 5.91 Å². The normalized spacial score (nSPS) is 14.2. The highest BCUT2D eigenvalue weighted by molar-refractivity contribution is 6.07. The molecule has 1 aliphatic heterocycles. The molecule has 0 atom stereocenters. The molecular formula is C19H19N3O4. The highest BCUT2D eigenvalue weighted by Crippen LogP contribution is 2.28. The summed E-state index contributed by atoms with van der Waals surface area (Å²) >= 11 is 0. The fraction of sp³-hybridized carbons (Fsp3) is 0.263. The lowest BCUT2D eigenvalue weighted by atomic mass is 10.1. The average Bonchev–Trinajstić information content (AvgIpc) is 2.64. The molecule has 0 saturated carbocycles. The summed E-state index contributed by atoms with van der Waals surface area (Å²) in [7, 11) is 0. The van der Waals surface area contributed by atoms with Crippen LogP contribution in [0.3, 0.4) is 0 Å². The Labute approximate surface area is 150 Å². The fourth-order valence-electron chi connectivity index (χ4n) is 3.06. The molecule has 7 heteroatoms. The Morgan fingerprint density at radius 1 is 1.19 bits per heavy atom. The van der Waals surface area contributed by atoms with Crippen molar-refractivity contribution in [3.05, 3.63) is 63.7 Å². The molecule has 0 radical (unpaired) electrons. The lowest BCUT2D eigenvalue weighted by Crippen LogP contribution is -2.35. The number of anilines is 2. The lowest BCUT2D eigenvalue weighted by Gasteiger charge is -2.28. The minimum Gasteiger partial charge on any atom is -0.322 e. The van der Waals surface area contributed by atoms with Gasteiger partial charge >= 0.3 is 0 Å². The van der Waals surface area contributed by atoms with E-state index in [2.05, 4.69) is 5.32 Å². The van der Waals surface area contributed by atoms with Gasteiger partial charge in [-0.05, 0) is 43.5 Å². The molecule has 0 spiro atoms. The van der Waals surface area contributed by atoms with E-state index < -0.39 is 10.8 Å². The van der Waals surface area contributed by atoms with Crippen LogP contribution in [0, 0.1) is 17.0 Å². The number of aryl methyl sites for hydroxylation is 1. The van der Waals surface area contributed by atoms with Crippen LogP contribution in [-0.2, 0) is 4.79 Å². The van der Waals surface area contributed by atoms with Gasteiger partial charge in [-0.15, -0.1) is 0 Å². The van der Waals surface area contributed by atoms with Crippen molar-refractivity contribution >= 4 is 28.9 Å². The van der Waals surface area contributed by atoms with E-state index in [1.807, 2.05) is 13.0 Å². The monoisotopic (exact) mass is 353 g/mol. The minimum atomic E-state index is -0.581. The maximum Gasteiger partial charge on any atom is 0.282 e. The van der Waals surface area contributed by atoms with Crippen LogP contribution in [0.2, 0.25) is 0 Å². The number of carbonyl (C=O) groups is 2. The molecule has 0 aliphatic carbocycles. The van der Waals surface area contributed by atoms with E-state index in [-0.39, 0.29) is 17.2 Å². The van der Waals surface area contributed by atoms with Gasteiger partial charge in [-0.25, -0.2) is 0 Å². The van der Waals surface area contributed by atoms with Crippen molar-refractivity contribution in [2.75, 3.05) is 16.8 Å². The quantitative estimate of drug-likeness (QED) is 0.670. The van der Waals surface area contributed by atoms with E-state index in [0.29, 0.717) is 18.7 Å². The number of piperidine rings is 1. The number of carbonyl (C=O) groups excluding carboxylic acids is 2. The van der Waals surface area contributed by atoms with Crippen LogP contribution in [0.5, 0.6) is 0 Å². The van der Waals surface area contributed by atoms with Gasteiger partial charge < -0.3 is 10.2 Å². The first kappa shape index (κ1) is 17.6. The molecule has 26 heavy (non-hydrogen) atoms. The standard InChI is InChI=1S/C19H19N3O4/c1-13-9-10-14(12-17(13)21-11-5-4-8-18(21)23)20-19(24)15-6-2-3-7-16(15)22(25)26/h2-3,6-7,9-10,12H,4-5,8,11H2,1H3,(H,20,24). The largest absolute Gasteiger partial charge is 0.322 e. The van der Waals surface area contributed by atoms with Crippen molar-refractivity contribution in [1.29, 1.82) is 0 Å². The van der Waals surface area contributed by atoms with Crippen LogP contribution in [0.15, 0.2) is 42.5 Å². The van der Waals surface area contributed by atoms with Gasteiger partial charge in [0.15, 0.2) is 0 Å². The maximum atomic E-state index is 12.5.